The molecule has 0 bridgehead atoms. The lowest BCUT2D eigenvalue weighted by molar-refractivity contribution is -0.155. The molecule has 1 fully saturated rings. The van der Waals surface area contributed by atoms with E-state index in [1.54, 1.807) is 24.3 Å². The van der Waals surface area contributed by atoms with Gasteiger partial charge in [0.05, 0.1) is 78.8 Å². The lowest BCUT2D eigenvalue weighted by Crippen LogP contribution is -2.48. The van der Waals surface area contributed by atoms with Crippen LogP contribution >= 0.6 is 0 Å². The SMILES string of the molecule is O=C(CN1CCOCCOCCN(CC(=O)N[C@H](CC(=O)OCc2ccccc2)C(=O)OCc2ccccc2)CCOCCOCC1)N[C@H](CC(=O)OCc1ccccc1)C(=O)OCc1ccccc1. The predicted octanol–water partition coefficient (Wildman–Crippen LogP) is 3.39. The molecule has 70 heavy (non-hydrogen) atoms. The maximum atomic E-state index is 13.5. The minimum absolute atomic E-state index is 0.0101. The lowest BCUT2D eigenvalue weighted by Gasteiger charge is -2.24. The fraction of sp³-hybridized carbons (Fsp3) is 0.423. The van der Waals surface area contributed by atoms with Crippen molar-refractivity contribution < 1.29 is 66.7 Å². The Hall–Kier alpha value is -6.54. The normalized spacial score (nSPS) is 15.7. The number of nitrogens with one attached hydrogen (secondary N) is 2. The summed E-state index contributed by atoms with van der Waals surface area (Å²) in [6.45, 7) is 2.99. The predicted molar refractivity (Wildman–Crippen MR) is 254 cm³/mol. The van der Waals surface area contributed by atoms with Crippen LogP contribution in [0.4, 0.5) is 0 Å². The van der Waals surface area contributed by atoms with Crippen LogP contribution in [0.3, 0.4) is 0 Å². The molecule has 0 saturated carbocycles. The van der Waals surface area contributed by atoms with Crippen molar-refractivity contribution in [1.29, 1.82) is 0 Å². The van der Waals surface area contributed by atoms with Gasteiger partial charge in [0.2, 0.25) is 11.8 Å². The third kappa shape index (κ3) is 22.7. The van der Waals surface area contributed by atoms with Gasteiger partial charge >= 0.3 is 23.9 Å². The van der Waals surface area contributed by atoms with Gasteiger partial charge in [0.1, 0.15) is 38.5 Å². The van der Waals surface area contributed by atoms with E-state index in [-0.39, 0.29) is 92.4 Å². The second kappa shape index (κ2) is 32.3. The monoisotopic (exact) mass is 968 g/mol. The number of ether oxygens (including phenoxy) is 8. The maximum absolute atomic E-state index is 13.5. The Morgan fingerprint density at radius 1 is 0.400 bits per heavy atom. The highest BCUT2D eigenvalue weighted by Gasteiger charge is 2.29. The summed E-state index contributed by atoms with van der Waals surface area (Å²) in [4.78, 5) is 82.8. The molecule has 1 heterocycles. The summed E-state index contributed by atoms with van der Waals surface area (Å²) >= 11 is 0. The van der Waals surface area contributed by atoms with Gasteiger partial charge in [-0.25, -0.2) is 9.59 Å². The molecule has 1 aliphatic rings. The van der Waals surface area contributed by atoms with E-state index in [9.17, 15) is 28.8 Å². The molecule has 0 aliphatic carbocycles. The van der Waals surface area contributed by atoms with Gasteiger partial charge in [0, 0.05) is 26.2 Å². The van der Waals surface area contributed by atoms with Crippen LogP contribution in [-0.2, 0) is 93.1 Å². The van der Waals surface area contributed by atoms with E-state index in [1.807, 2.05) is 107 Å². The molecule has 5 rings (SSSR count). The van der Waals surface area contributed by atoms with Crippen LogP contribution in [0.2, 0.25) is 0 Å². The van der Waals surface area contributed by atoms with E-state index in [0.29, 0.717) is 26.2 Å². The molecule has 18 nitrogen and oxygen atoms in total. The van der Waals surface area contributed by atoms with Gasteiger partial charge in [-0.2, -0.15) is 0 Å². The van der Waals surface area contributed by atoms with Gasteiger partial charge < -0.3 is 48.5 Å². The Kier molecular flexibility index (Phi) is 25.1. The van der Waals surface area contributed by atoms with Crippen molar-refractivity contribution in [3.05, 3.63) is 144 Å². The highest BCUT2D eigenvalue weighted by Crippen LogP contribution is 2.10. The quantitative estimate of drug-likeness (QED) is 0.0962. The van der Waals surface area contributed by atoms with Gasteiger partial charge in [0.15, 0.2) is 0 Å². The Morgan fingerprint density at radius 3 is 0.957 bits per heavy atom. The molecule has 4 aromatic carbocycles. The molecule has 2 N–H and O–H groups in total. The molecule has 0 radical (unpaired) electrons. The molecule has 0 unspecified atom stereocenters. The number of hydrogen-bond acceptors (Lipinski definition) is 16. The van der Waals surface area contributed by atoms with Crippen LogP contribution in [0.25, 0.3) is 0 Å². The summed E-state index contributed by atoms with van der Waals surface area (Å²) in [5, 5.41) is 5.35. The largest absolute Gasteiger partial charge is 0.461 e. The summed E-state index contributed by atoms with van der Waals surface area (Å²) in [6, 6.07) is 33.8. The number of hydrogen-bond donors (Lipinski definition) is 2. The van der Waals surface area contributed by atoms with Crippen molar-refractivity contribution in [3.63, 3.8) is 0 Å². The average molecular weight is 969 g/mol. The van der Waals surface area contributed by atoms with E-state index >= 15 is 0 Å². The van der Waals surface area contributed by atoms with E-state index in [4.69, 9.17) is 37.9 Å². The molecule has 0 spiro atoms. The molecular weight excluding hydrogens is 905 g/mol. The molecule has 1 aliphatic heterocycles. The summed E-state index contributed by atoms with van der Waals surface area (Å²) in [5.41, 5.74) is 3.05. The zero-order chi connectivity index (χ0) is 49.4. The number of nitrogens with zero attached hydrogens (tertiary/aromatic N) is 2. The Morgan fingerprint density at radius 2 is 0.671 bits per heavy atom. The highest BCUT2D eigenvalue weighted by atomic mass is 16.6. The van der Waals surface area contributed by atoms with E-state index in [0.717, 1.165) is 22.3 Å². The molecule has 0 aromatic heterocycles. The number of carbonyl (C=O) groups is 6. The number of rotatable bonds is 20. The third-order valence-electron chi connectivity index (χ3n) is 10.6. The van der Waals surface area contributed by atoms with Crippen LogP contribution in [0.1, 0.15) is 35.1 Å². The summed E-state index contributed by atoms with van der Waals surface area (Å²) in [6.07, 6.45) is -0.854. The average Bonchev–Trinajstić information content (AvgIpc) is 3.37. The van der Waals surface area contributed by atoms with E-state index < -0.39 is 60.6 Å². The summed E-state index contributed by atoms with van der Waals surface area (Å²) < 4.78 is 45.1. The molecule has 2 atom stereocenters. The molecule has 2 amide bonds. The second-order valence-electron chi connectivity index (χ2n) is 16.1. The number of carbonyl (C=O) groups excluding carboxylic acids is 6. The summed E-state index contributed by atoms with van der Waals surface area (Å²) in [5.74, 6) is -3.92. The zero-order valence-corrected chi connectivity index (χ0v) is 39.5. The summed E-state index contributed by atoms with van der Waals surface area (Å²) in [7, 11) is 0. The van der Waals surface area contributed by atoms with Crippen molar-refractivity contribution >= 4 is 35.7 Å². The molecule has 376 valence electrons. The number of esters is 4. The first-order valence-electron chi connectivity index (χ1n) is 23.3. The standard InChI is InChI=1S/C52H64N4O14/c57-47(53-45(51(61)69-39-43-17-9-3-10-18-43)33-49(59)67-37-41-13-5-1-6-14-41)35-55-21-25-63-29-31-65-27-23-56(24-28-66-32-30-64-26-22-55)36-48(58)54-46(52(62)70-40-44-19-11-4-12-20-44)34-50(60)68-38-42-15-7-2-8-16-42/h1-20,45-46H,21-40H2,(H,53,57)(H,54,58)/t45-,46-/m1/s1. The van der Waals surface area contributed by atoms with Gasteiger partial charge in [-0.05, 0) is 22.3 Å². The Bertz CT molecular complexity index is 1980. The van der Waals surface area contributed by atoms with Crippen molar-refractivity contribution in [2.75, 3.05) is 92.1 Å². The maximum Gasteiger partial charge on any atom is 0.329 e. The molecule has 18 heteroatoms. The second-order valence-corrected chi connectivity index (χ2v) is 16.1. The minimum Gasteiger partial charge on any atom is -0.461 e. The van der Waals surface area contributed by atoms with Crippen LogP contribution < -0.4 is 10.6 Å². The lowest BCUT2D eigenvalue weighted by atomic mass is 10.2. The van der Waals surface area contributed by atoms with Crippen molar-refractivity contribution in [2.45, 2.75) is 51.4 Å². The van der Waals surface area contributed by atoms with Crippen molar-refractivity contribution in [3.8, 4) is 0 Å². The van der Waals surface area contributed by atoms with Gasteiger partial charge in [-0.3, -0.25) is 29.0 Å². The van der Waals surface area contributed by atoms with Crippen LogP contribution in [0, 0.1) is 0 Å². The molecular formula is C52H64N4O14. The number of amides is 2. The van der Waals surface area contributed by atoms with Gasteiger partial charge in [0.25, 0.3) is 0 Å². The first kappa shape index (κ1) is 54.4. The van der Waals surface area contributed by atoms with Crippen LogP contribution in [-0.4, -0.2) is 150 Å². The van der Waals surface area contributed by atoms with Crippen LogP contribution in [0.15, 0.2) is 121 Å². The zero-order valence-electron chi connectivity index (χ0n) is 39.5. The van der Waals surface area contributed by atoms with E-state index in [2.05, 4.69) is 10.6 Å². The highest BCUT2D eigenvalue weighted by molar-refractivity contribution is 5.89. The van der Waals surface area contributed by atoms with Gasteiger partial charge in [-0.1, -0.05) is 121 Å². The van der Waals surface area contributed by atoms with Gasteiger partial charge in [-0.15, -0.1) is 0 Å². The number of benzene rings is 4. The van der Waals surface area contributed by atoms with Crippen LogP contribution in [0.5, 0.6) is 0 Å². The first-order chi connectivity index (χ1) is 34.2. The fourth-order valence-corrected chi connectivity index (χ4v) is 6.82. The smallest absolute Gasteiger partial charge is 0.329 e. The topological polar surface area (TPSA) is 207 Å². The van der Waals surface area contributed by atoms with Crippen molar-refractivity contribution in [2.24, 2.45) is 0 Å². The minimum atomic E-state index is -1.29. The fourth-order valence-electron chi connectivity index (χ4n) is 6.82. The molecule has 1 saturated heterocycles. The third-order valence-corrected chi connectivity index (χ3v) is 10.6. The van der Waals surface area contributed by atoms with Crippen molar-refractivity contribution in [1.82, 2.24) is 20.4 Å². The van der Waals surface area contributed by atoms with E-state index in [1.165, 1.54) is 0 Å². The Balaban J connectivity index is 1.08. The molecule has 4 aromatic rings. The Labute approximate surface area is 408 Å². The first-order valence-corrected chi connectivity index (χ1v) is 23.3.